The summed E-state index contributed by atoms with van der Waals surface area (Å²) in [7, 11) is 0. The van der Waals surface area contributed by atoms with Crippen LogP contribution < -0.4 is 16.0 Å². The number of halogens is 3. The van der Waals surface area contributed by atoms with Crippen LogP contribution in [-0.4, -0.2) is 23.8 Å². The van der Waals surface area contributed by atoms with Gasteiger partial charge in [0.15, 0.2) is 0 Å². The van der Waals surface area contributed by atoms with Gasteiger partial charge in [-0.2, -0.15) is 13.2 Å². The molecule has 1 aliphatic rings. The smallest absolute Gasteiger partial charge is 0.326 e. The van der Waals surface area contributed by atoms with Crippen molar-refractivity contribution in [2.45, 2.75) is 25.6 Å². The molecule has 28 heavy (non-hydrogen) atoms. The Morgan fingerprint density at radius 3 is 2.54 bits per heavy atom. The number of hydrogen-bond acceptors (Lipinski definition) is 4. The first-order chi connectivity index (χ1) is 13.2. The second-order valence-corrected chi connectivity index (χ2v) is 6.30. The number of aryl methyl sites for hydroxylation is 1. The molecule has 0 fully saturated rings. The van der Waals surface area contributed by atoms with Crippen LogP contribution in [0.1, 0.15) is 17.5 Å². The molecule has 0 aromatic heterocycles. The first-order valence-corrected chi connectivity index (χ1v) is 8.40. The van der Waals surface area contributed by atoms with Gasteiger partial charge >= 0.3 is 6.18 Å². The lowest BCUT2D eigenvalue weighted by molar-refractivity contribution is -0.137. The molecule has 6 nitrogen and oxygen atoms in total. The fourth-order valence-electron chi connectivity index (χ4n) is 2.58. The van der Waals surface area contributed by atoms with E-state index in [-0.39, 0.29) is 18.1 Å². The van der Waals surface area contributed by atoms with E-state index in [4.69, 9.17) is 0 Å². The number of anilines is 2. The SMILES string of the molecule is Cc1ccc(NC(=O)[C@H]2CC(=O)NC(Nc3cccc(C(F)(F)F)c3)=N2)cc1. The van der Waals surface area contributed by atoms with E-state index in [0.29, 0.717) is 5.69 Å². The number of amides is 2. The molecule has 3 rings (SSSR count). The van der Waals surface area contributed by atoms with Crippen LogP contribution >= 0.6 is 0 Å². The topological polar surface area (TPSA) is 82.6 Å². The molecule has 9 heteroatoms. The van der Waals surface area contributed by atoms with Gasteiger partial charge in [0.05, 0.1) is 12.0 Å². The lowest BCUT2D eigenvalue weighted by atomic mass is 10.1. The average molecular weight is 390 g/mol. The average Bonchev–Trinajstić information content (AvgIpc) is 2.62. The number of alkyl halides is 3. The molecule has 2 amide bonds. The summed E-state index contributed by atoms with van der Waals surface area (Å²) in [6.07, 6.45) is -4.66. The van der Waals surface area contributed by atoms with Gasteiger partial charge in [-0.3, -0.25) is 14.9 Å². The summed E-state index contributed by atoms with van der Waals surface area (Å²) in [6, 6.07) is 10.6. The van der Waals surface area contributed by atoms with Crippen molar-refractivity contribution < 1.29 is 22.8 Å². The second-order valence-electron chi connectivity index (χ2n) is 6.30. The molecule has 2 aromatic rings. The van der Waals surface area contributed by atoms with Gasteiger partial charge in [-0.25, -0.2) is 4.99 Å². The number of guanidine groups is 1. The standard InChI is InChI=1S/C19H17F3N4O2/c1-11-5-7-13(8-6-11)23-17(28)15-10-16(27)26-18(25-15)24-14-4-2-3-12(9-14)19(20,21)22/h2-9,15H,10H2,1H3,(H,23,28)(H2,24,25,26,27)/t15-/m1/s1. The number of aliphatic imine (C=N–C) groups is 1. The van der Waals surface area contributed by atoms with Crippen molar-refractivity contribution in [2.24, 2.45) is 4.99 Å². The van der Waals surface area contributed by atoms with E-state index >= 15 is 0 Å². The molecule has 0 bridgehead atoms. The predicted octanol–water partition coefficient (Wildman–Crippen LogP) is 3.31. The normalized spacial score (nSPS) is 16.8. The van der Waals surface area contributed by atoms with Gasteiger partial charge in [-0.1, -0.05) is 23.8 Å². The van der Waals surface area contributed by atoms with Crippen molar-refractivity contribution >= 4 is 29.1 Å². The molecule has 1 heterocycles. The van der Waals surface area contributed by atoms with Crippen LogP contribution in [0.3, 0.4) is 0 Å². The van der Waals surface area contributed by atoms with E-state index in [0.717, 1.165) is 17.7 Å². The van der Waals surface area contributed by atoms with Crippen LogP contribution in [0.5, 0.6) is 0 Å². The van der Waals surface area contributed by atoms with E-state index in [1.807, 2.05) is 19.1 Å². The first kappa shape index (κ1) is 19.4. The van der Waals surface area contributed by atoms with Crippen LogP contribution in [0.2, 0.25) is 0 Å². The Morgan fingerprint density at radius 1 is 1.14 bits per heavy atom. The number of nitrogens with one attached hydrogen (secondary N) is 3. The van der Waals surface area contributed by atoms with Crippen molar-refractivity contribution in [3.8, 4) is 0 Å². The highest BCUT2D eigenvalue weighted by Crippen LogP contribution is 2.30. The Kier molecular flexibility index (Phi) is 5.34. The maximum Gasteiger partial charge on any atom is 0.416 e. The number of benzene rings is 2. The molecule has 0 saturated heterocycles. The zero-order chi connectivity index (χ0) is 20.3. The Morgan fingerprint density at radius 2 is 1.86 bits per heavy atom. The fraction of sp³-hybridized carbons (Fsp3) is 0.211. The largest absolute Gasteiger partial charge is 0.416 e. The highest BCUT2D eigenvalue weighted by atomic mass is 19.4. The molecule has 0 spiro atoms. The minimum absolute atomic E-state index is 0.0837. The van der Waals surface area contributed by atoms with Crippen molar-refractivity contribution in [3.63, 3.8) is 0 Å². The molecule has 146 valence electrons. The molecular formula is C19H17F3N4O2. The highest BCUT2D eigenvalue weighted by Gasteiger charge is 2.31. The molecule has 3 N–H and O–H groups in total. The molecule has 0 radical (unpaired) electrons. The number of carbonyl (C=O) groups is 2. The van der Waals surface area contributed by atoms with Gasteiger partial charge in [0.2, 0.25) is 17.8 Å². The lowest BCUT2D eigenvalue weighted by Crippen LogP contribution is -2.45. The van der Waals surface area contributed by atoms with E-state index in [1.165, 1.54) is 12.1 Å². The summed E-state index contributed by atoms with van der Waals surface area (Å²) in [5.74, 6) is -1.03. The van der Waals surface area contributed by atoms with Crippen LogP contribution in [0.25, 0.3) is 0 Å². The monoisotopic (exact) mass is 390 g/mol. The summed E-state index contributed by atoms with van der Waals surface area (Å²) < 4.78 is 38.5. The summed E-state index contributed by atoms with van der Waals surface area (Å²) in [5, 5.41) is 7.71. The van der Waals surface area contributed by atoms with E-state index in [9.17, 15) is 22.8 Å². The minimum atomic E-state index is -4.49. The maximum absolute atomic E-state index is 12.8. The van der Waals surface area contributed by atoms with Crippen LogP contribution in [-0.2, 0) is 15.8 Å². The Hall–Kier alpha value is -3.36. The van der Waals surface area contributed by atoms with Crippen LogP contribution in [0, 0.1) is 6.92 Å². The molecule has 1 atom stereocenters. The summed E-state index contributed by atoms with van der Waals surface area (Å²) >= 11 is 0. The molecule has 1 aliphatic heterocycles. The number of hydrogen-bond donors (Lipinski definition) is 3. The zero-order valence-corrected chi connectivity index (χ0v) is 14.8. The predicted molar refractivity (Wildman–Crippen MR) is 98.9 cm³/mol. The summed E-state index contributed by atoms with van der Waals surface area (Å²) in [6.45, 7) is 1.91. The number of carbonyl (C=O) groups excluding carboxylic acids is 2. The third kappa shape index (κ3) is 4.87. The maximum atomic E-state index is 12.8. The molecule has 0 unspecified atom stereocenters. The van der Waals surface area contributed by atoms with Crippen molar-refractivity contribution in [1.29, 1.82) is 0 Å². The van der Waals surface area contributed by atoms with Crippen molar-refractivity contribution in [1.82, 2.24) is 5.32 Å². The number of nitrogens with zero attached hydrogens (tertiary/aromatic N) is 1. The fourth-order valence-corrected chi connectivity index (χ4v) is 2.58. The molecule has 0 saturated carbocycles. The lowest BCUT2D eigenvalue weighted by Gasteiger charge is -2.21. The summed E-state index contributed by atoms with van der Waals surface area (Å²) in [4.78, 5) is 28.4. The third-order valence-corrected chi connectivity index (χ3v) is 4.00. The van der Waals surface area contributed by atoms with Gasteiger partial charge in [-0.05, 0) is 37.3 Å². The Balaban J connectivity index is 1.74. The minimum Gasteiger partial charge on any atom is -0.326 e. The molecular weight excluding hydrogens is 373 g/mol. The second kappa shape index (κ2) is 7.71. The van der Waals surface area contributed by atoms with Gasteiger partial charge < -0.3 is 10.6 Å². The van der Waals surface area contributed by atoms with Crippen LogP contribution in [0.4, 0.5) is 24.5 Å². The van der Waals surface area contributed by atoms with Crippen molar-refractivity contribution in [2.75, 3.05) is 10.6 Å². The van der Waals surface area contributed by atoms with Gasteiger partial charge in [0.25, 0.3) is 0 Å². The van der Waals surface area contributed by atoms with Gasteiger partial charge in [0.1, 0.15) is 6.04 Å². The third-order valence-electron chi connectivity index (χ3n) is 4.00. The Labute approximate surface area is 158 Å². The summed E-state index contributed by atoms with van der Waals surface area (Å²) in [5.41, 5.74) is 0.840. The van der Waals surface area contributed by atoms with Crippen LogP contribution in [0.15, 0.2) is 53.5 Å². The van der Waals surface area contributed by atoms with Gasteiger partial charge in [-0.15, -0.1) is 0 Å². The number of rotatable bonds is 3. The zero-order valence-electron chi connectivity index (χ0n) is 14.8. The Bertz CT molecular complexity index is 924. The molecule has 2 aromatic carbocycles. The highest BCUT2D eigenvalue weighted by molar-refractivity contribution is 6.10. The first-order valence-electron chi connectivity index (χ1n) is 8.40. The van der Waals surface area contributed by atoms with Gasteiger partial charge in [0, 0.05) is 11.4 Å². The van der Waals surface area contributed by atoms with E-state index in [1.54, 1.807) is 12.1 Å². The van der Waals surface area contributed by atoms with E-state index < -0.39 is 29.6 Å². The quantitative estimate of drug-likeness (QED) is 0.752. The van der Waals surface area contributed by atoms with E-state index in [2.05, 4.69) is 20.9 Å². The van der Waals surface area contributed by atoms with Crippen molar-refractivity contribution in [3.05, 3.63) is 59.7 Å². The molecule has 0 aliphatic carbocycles.